The zero-order valence-corrected chi connectivity index (χ0v) is 9.61. The van der Waals surface area contributed by atoms with E-state index in [0.717, 1.165) is 18.8 Å². The van der Waals surface area contributed by atoms with E-state index < -0.39 is 0 Å². The molecule has 0 spiro atoms. The molecule has 0 aliphatic heterocycles. The van der Waals surface area contributed by atoms with Crippen LogP contribution in [-0.2, 0) is 0 Å². The summed E-state index contributed by atoms with van der Waals surface area (Å²) in [7, 11) is 0. The van der Waals surface area contributed by atoms with E-state index in [2.05, 4.69) is 6.92 Å². The monoisotopic (exact) mass is 151 g/mol. The molecule has 1 rings (SSSR count). The van der Waals surface area contributed by atoms with Gasteiger partial charge >= 0.3 is 51.4 Å². The second-order valence-corrected chi connectivity index (χ2v) is 2.96. The van der Waals surface area contributed by atoms with Gasteiger partial charge in [0.15, 0.2) is 0 Å². The zero-order valence-electron chi connectivity index (χ0n) is 6.48. The fourth-order valence-corrected chi connectivity index (χ4v) is 1.26. The van der Waals surface area contributed by atoms with Crippen LogP contribution in [0.15, 0.2) is 0 Å². The predicted molar refractivity (Wildman–Crippen MR) is 35.7 cm³/mol. The summed E-state index contributed by atoms with van der Waals surface area (Å²) in [4.78, 5) is 0. The summed E-state index contributed by atoms with van der Waals surface area (Å²) in [6.45, 7) is 2.28. The van der Waals surface area contributed by atoms with Crippen molar-refractivity contribution in [1.29, 1.82) is 0 Å². The summed E-state index contributed by atoms with van der Waals surface area (Å²) >= 11 is 0. The molecule has 9 heavy (non-hydrogen) atoms. The molecule has 0 atom stereocenters. The molecule has 0 heterocycles. The molecular weight excluding hydrogens is 137 g/mol. The van der Waals surface area contributed by atoms with Gasteiger partial charge in [-0.15, -0.1) is 6.04 Å². The Bertz CT molecular complexity index is 57.3. The first-order valence-electron chi connectivity index (χ1n) is 3.50. The van der Waals surface area contributed by atoms with E-state index in [1.54, 1.807) is 0 Å². The molecular formula is C7H14KN. The first-order valence-corrected chi connectivity index (χ1v) is 3.50. The maximum absolute atomic E-state index is 7.36. The number of hydrogen-bond acceptors (Lipinski definition) is 0. The molecule has 0 aromatic rings. The molecule has 1 nitrogen and oxygen atoms in total. The summed E-state index contributed by atoms with van der Waals surface area (Å²) in [5.41, 5.74) is 7.36. The molecule has 0 aromatic heterocycles. The van der Waals surface area contributed by atoms with Gasteiger partial charge in [0.05, 0.1) is 0 Å². The van der Waals surface area contributed by atoms with Gasteiger partial charge in [-0.2, -0.15) is 0 Å². The maximum Gasteiger partial charge on any atom is 1.00 e. The van der Waals surface area contributed by atoms with E-state index in [9.17, 15) is 0 Å². The number of hydrogen-bond donors (Lipinski definition) is 0. The van der Waals surface area contributed by atoms with E-state index in [1.165, 1.54) is 12.8 Å². The zero-order chi connectivity index (χ0) is 5.98. The van der Waals surface area contributed by atoms with E-state index in [1.807, 2.05) is 0 Å². The Balaban J connectivity index is 0.000000640. The Hall–Kier alpha value is 1.60. The molecule has 0 unspecified atom stereocenters. The van der Waals surface area contributed by atoms with Crippen molar-refractivity contribution in [3.05, 3.63) is 5.73 Å². The number of rotatable bonds is 0. The van der Waals surface area contributed by atoms with Crippen molar-refractivity contribution in [3.8, 4) is 0 Å². The van der Waals surface area contributed by atoms with Crippen LogP contribution in [0.4, 0.5) is 0 Å². The van der Waals surface area contributed by atoms with Gasteiger partial charge in [0.1, 0.15) is 0 Å². The van der Waals surface area contributed by atoms with Crippen molar-refractivity contribution < 1.29 is 51.4 Å². The van der Waals surface area contributed by atoms with E-state index in [0.29, 0.717) is 0 Å². The maximum atomic E-state index is 7.36. The van der Waals surface area contributed by atoms with Crippen LogP contribution in [-0.4, -0.2) is 6.04 Å². The third-order valence-corrected chi connectivity index (χ3v) is 2.02. The normalized spacial score (nSPS) is 35.3. The summed E-state index contributed by atoms with van der Waals surface area (Å²) < 4.78 is 0. The smallest absolute Gasteiger partial charge is 0.675 e. The summed E-state index contributed by atoms with van der Waals surface area (Å²) in [5.74, 6) is 0.900. The van der Waals surface area contributed by atoms with E-state index >= 15 is 0 Å². The van der Waals surface area contributed by atoms with Gasteiger partial charge in [-0.3, -0.25) is 0 Å². The quantitative estimate of drug-likeness (QED) is 0.422. The Labute approximate surface area is 100 Å². The number of nitrogens with one attached hydrogen (secondary N) is 1. The summed E-state index contributed by atoms with van der Waals surface area (Å²) in [6, 6.07) is 0.270. The topological polar surface area (TPSA) is 23.8 Å². The van der Waals surface area contributed by atoms with Crippen molar-refractivity contribution in [1.82, 2.24) is 0 Å². The van der Waals surface area contributed by atoms with Crippen LogP contribution < -0.4 is 51.4 Å². The van der Waals surface area contributed by atoms with Crippen LogP contribution in [0.2, 0.25) is 0 Å². The summed E-state index contributed by atoms with van der Waals surface area (Å²) in [5, 5.41) is 0. The first-order chi connectivity index (χ1) is 3.79. The molecule has 1 aliphatic rings. The van der Waals surface area contributed by atoms with Gasteiger partial charge in [-0.05, 0) is 5.92 Å². The van der Waals surface area contributed by atoms with Crippen LogP contribution in [0, 0.1) is 5.92 Å². The second kappa shape index (κ2) is 5.27. The van der Waals surface area contributed by atoms with Crippen LogP contribution >= 0.6 is 0 Å². The predicted octanol–water partition coefficient (Wildman–Crippen LogP) is -0.379. The van der Waals surface area contributed by atoms with Crippen molar-refractivity contribution in [2.45, 2.75) is 38.6 Å². The molecule has 0 saturated heterocycles. The third kappa shape index (κ3) is 4.12. The molecule has 0 bridgehead atoms. The third-order valence-electron chi connectivity index (χ3n) is 2.02. The van der Waals surface area contributed by atoms with Gasteiger partial charge in [-0.1, -0.05) is 32.6 Å². The Morgan fingerprint density at radius 3 is 1.89 bits per heavy atom. The molecule has 1 fully saturated rings. The SMILES string of the molecule is CC1CCC([NH-])CC1.[K+]. The van der Waals surface area contributed by atoms with E-state index in [4.69, 9.17) is 5.73 Å². The molecule has 48 valence electrons. The Kier molecular flexibility index (Phi) is 6.21. The minimum Gasteiger partial charge on any atom is -0.675 e. The average Bonchev–Trinajstić information content (AvgIpc) is 1.77. The van der Waals surface area contributed by atoms with Crippen LogP contribution in [0.25, 0.3) is 5.73 Å². The molecule has 1 N–H and O–H groups in total. The largest absolute Gasteiger partial charge is 1.00 e. The molecule has 0 aromatic carbocycles. The van der Waals surface area contributed by atoms with Gasteiger partial charge in [0.2, 0.25) is 0 Å². The van der Waals surface area contributed by atoms with Gasteiger partial charge in [-0.25, -0.2) is 0 Å². The van der Waals surface area contributed by atoms with Gasteiger partial charge in [0, 0.05) is 0 Å². The molecule has 2 heteroatoms. The van der Waals surface area contributed by atoms with Gasteiger partial charge in [0.25, 0.3) is 0 Å². The standard InChI is InChI=1S/C7H14N.K/c1-6-2-4-7(8)5-3-6;/h6-8H,2-5H2,1H3;/q-1;+1. The van der Waals surface area contributed by atoms with Crippen LogP contribution in [0.5, 0.6) is 0 Å². The van der Waals surface area contributed by atoms with Crippen molar-refractivity contribution in [3.63, 3.8) is 0 Å². The van der Waals surface area contributed by atoms with Gasteiger partial charge < -0.3 is 5.73 Å². The Morgan fingerprint density at radius 2 is 1.56 bits per heavy atom. The Morgan fingerprint density at radius 1 is 1.11 bits per heavy atom. The minimum atomic E-state index is 0. The average molecular weight is 151 g/mol. The molecule has 1 saturated carbocycles. The minimum absolute atomic E-state index is 0. The van der Waals surface area contributed by atoms with Crippen LogP contribution in [0.3, 0.4) is 0 Å². The van der Waals surface area contributed by atoms with Crippen molar-refractivity contribution in [2.75, 3.05) is 0 Å². The fourth-order valence-electron chi connectivity index (χ4n) is 1.26. The molecule has 1 aliphatic carbocycles. The summed E-state index contributed by atoms with van der Waals surface area (Å²) in [6.07, 6.45) is 4.85. The van der Waals surface area contributed by atoms with Crippen LogP contribution in [0.1, 0.15) is 32.6 Å². The molecule has 0 amide bonds. The molecule has 0 radical (unpaired) electrons. The van der Waals surface area contributed by atoms with E-state index in [-0.39, 0.29) is 57.4 Å². The van der Waals surface area contributed by atoms with Crippen molar-refractivity contribution >= 4 is 0 Å². The fraction of sp³-hybridized carbons (Fsp3) is 1.00. The first kappa shape index (κ1) is 10.6. The second-order valence-electron chi connectivity index (χ2n) is 2.96. The van der Waals surface area contributed by atoms with Crippen molar-refractivity contribution in [2.24, 2.45) is 5.92 Å².